The second kappa shape index (κ2) is 4.23. The highest BCUT2D eigenvalue weighted by molar-refractivity contribution is 5.99. The van der Waals surface area contributed by atoms with E-state index in [1.165, 1.54) is 0 Å². The summed E-state index contributed by atoms with van der Waals surface area (Å²) in [6.07, 6.45) is 1.80. The molecule has 3 N–H and O–H groups in total. The number of carbonyl (C=O) groups excluding carboxylic acids is 2. The first-order valence-corrected chi connectivity index (χ1v) is 4.39. The van der Waals surface area contributed by atoms with Crippen LogP contribution in [0.3, 0.4) is 0 Å². The molecule has 1 heterocycles. The Balaban J connectivity index is 2.21. The Morgan fingerprint density at radius 3 is 2.85 bits per heavy atom. The molecule has 5 nitrogen and oxygen atoms in total. The Bertz CT molecular complexity index is 217. The number of nitrogens with one attached hydrogen (secondary N) is 1. The van der Waals surface area contributed by atoms with Crippen LogP contribution in [0.1, 0.15) is 19.8 Å². The van der Waals surface area contributed by atoms with Gasteiger partial charge in [-0.3, -0.25) is 4.79 Å². The molecule has 0 bridgehead atoms. The van der Waals surface area contributed by atoms with Gasteiger partial charge in [0.05, 0.1) is 6.61 Å². The van der Waals surface area contributed by atoms with E-state index in [9.17, 15) is 9.59 Å². The Morgan fingerprint density at radius 2 is 2.38 bits per heavy atom. The van der Waals surface area contributed by atoms with E-state index in [-0.39, 0.29) is 5.91 Å². The molecule has 1 amide bonds. The third-order valence-corrected chi connectivity index (χ3v) is 1.96. The minimum Gasteiger partial charge on any atom is -0.464 e. The van der Waals surface area contributed by atoms with Gasteiger partial charge in [-0.15, -0.1) is 0 Å². The first-order chi connectivity index (χ1) is 6.16. The summed E-state index contributed by atoms with van der Waals surface area (Å²) in [5.41, 5.74) is 5.36. The number of hydrogen-bond donors (Lipinski definition) is 2. The van der Waals surface area contributed by atoms with Gasteiger partial charge >= 0.3 is 5.97 Å². The molecule has 0 aromatic rings. The smallest absolute Gasteiger partial charge is 0.330 e. The van der Waals surface area contributed by atoms with Gasteiger partial charge in [0.15, 0.2) is 6.04 Å². The first kappa shape index (κ1) is 9.98. The molecule has 5 heteroatoms. The van der Waals surface area contributed by atoms with Crippen molar-refractivity contribution in [3.63, 3.8) is 0 Å². The van der Waals surface area contributed by atoms with Crippen LogP contribution < -0.4 is 11.1 Å². The van der Waals surface area contributed by atoms with E-state index in [4.69, 9.17) is 10.5 Å². The van der Waals surface area contributed by atoms with Crippen molar-refractivity contribution in [2.75, 3.05) is 6.61 Å². The third kappa shape index (κ3) is 2.18. The summed E-state index contributed by atoms with van der Waals surface area (Å²) in [5.74, 6) is -0.724. The van der Waals surface area contributed by atoms with Crippen LogP contribution >= 0.6 is 0 Å². The predicted molar refractivity (Wildman–Crippen MR) is 45.8 cm³/mol. The molecule has 1 aliphatic rings. The molecule has 0 aliphatic carbocycles. The van der Waals surface area contributed by atoms with E-state index >= 15 is 0 Å². The monoisotopic (exact) mass is 186 g/mol. The van der Waals surface area contributed by atoms with Crippen LogP contribution in [0.25, 0.3) is 0 Å². The number of ether oxygens (including phenoxy) is 1. The normalized spacial score (nSPS) is 26.2. The highest BCUT2D eigenvalue weighted by Crippen LogP contribution is 2.05. The molecule has 13 heavy (non-hydrogen) atoms. The quantitative estimate of drug-likeness (QED) is 0.340. The van der Waals surface area contributed by atoms with Crippen molar-refractivity contribution in [2.45, 2.75) is 31.8 Å². The van der Waals surface area contributed by atoms with Crippen molar-refractivity contribution < 1.29 is 14.3 Å². The minimum absolute atomic E-state index is 0.294. The van der Waals surface area contributed by atoms with E-state index < -0.39 is 18.1 Å². The number of rotatable bonds is 4. The Kier molecular flexibility index (Phi) is 3.25. The lowest BCUT2D eigenvalue weighted by Gasteiger charge is -2.31. The number of esters is 1. The molecule has 1 saturated heterocycles. The summed E-state index contributed by atoms with van der Waals surface area (Å²) in [5, 5.41) is 2.38. The molecule has 0 aromatic carbocycles. The molecule has 1 aliphatic heterocycles. The first-order valence-electron chi connectivity index (χ1n) is 4.39. The lowest BCUT2D eigenvalue weighted by Crippen LogP contribution is -2.70. The van der Waals surface area contributed by atoms with E-state index in [0.717, 1.165) is 12.8 Å². The van der Waals surface area contributed by atoms with E-state index in [2.05, 4.69) is 5.32 Å². The van der Waals surface area contributed by atoms with Crippen molar-refractivity contribution in [2.24, 2.45) is 5.73 Å². The Hall–Kier alpha value is -1.10. The third-order valence-electron chi connectivity index (χ3n) is 1.96. The van der Waals surface area contributed by atoms with Crippen LogP contribution in [-0.4, -0.2) is 30.6 Å². The van der Waals surface area contributed by atoms with Gasteiger partial charge in [0.25, 0.3) is 0 Å². The summed E-state index contributed by atoms with van der Waals surface area (Å²) < 4.78 is 4.87. The number of carbonyl (C=O) groups is 2. The average Bonchev–Trinajstić information content (AvgIpc) is 2.13. The van der Waals surface area contributed by atoms with E-state index in [0.29, 0.717) is 6.61 Å². The number of unbranched alkanes of at least 4 members (excludes halogenated alkanes) is 1. The predicted octanol–water partition coefficient (Wildman–Crippen LogP) is -0.845. The van der Waals surface area contributed by atoms with Gasteiger partial charge in [0.2, 0.25) is 5.91 Å². The van der Waals surface area contributed by atoms with Gasteiger partial charge in [-0.25, -0.2) is 4.79 Å². The fourth-order valence-electron chi connectivity index (χ4n) is 1.01. The standard InChI is InChI=1S/C8H14N2O3/c1-2-3-4-13-8(12)6-5(9)7(11)10-6/h5-6H,2-4,9H2,1H3,(H,10,11). The topological polar surface area (TPSA) is 81.4 Å². The summed E-state index contributed by atoms with van der Waals surface area (Å²) in [4.78, 5) is 21.8. The van der Waals surface area contributed by atoms with Gasteiger partial charge in [0.1, 0.15) is 6.04 Å². The van der Waals surface area contributed by atoms with Crippen LogP contribution in [0.5, 0.6) is 0 Å². The lowest BCUT2D eigenvalue weighted by atomic mass is 10.0. The fraction of sp³-hybridized carbons (Fsp3) is 0.750. The van der Waals surface area contributed by atoms with Gasteiger partial charge in [-0.1, -0.05) is 13.3 Å². The van der Waals surface area contributed by atoms with Crippen molar-refractivity contribution in [1.82, 2.24) is 5.32 Å². The average molecular weight is 186 g/mol. The molecular weight excluding hydrogens is 172 g/mol. The van der Waals surface area contributed by atoms with Crippen molar-refractivity contribution >= 4 is 11.9 Å². The fourth-order valence-corrected chi connectivity index (χ4v) is 1.01. The zero-order valence-corrected chi connectivity index (χ0v) is 7.58. The van der Waals surface area contributed by atoms with Gasteiger partial charge < -0.3 is 15.8 Å². The van der Waals surface area contributed by atoms with Crippen LogP contribution in [0.15, 0.2) is 0 Å². The molecular formula is C8H14N2O3. The molecule has 2 atom stereocenters. The maximum absolute atomic E-state index is 11.1. The summed E-state index contributed by atoms with van der Waals surface area (Å²) in [6.45, 7) is 2.40. The molecule has 0 aromatic heterocycles. The SMILES string of the molecule is CCCCOC(=O)C1NC(=O)C1N. The number of hydrogen-bond acceptors (Lipinski definition) is 4. The minimum atomic E-state index is -0.728. The van der Waals surface area contributed by atoms with Gasteiger partial charge in [-0.2, -0.15) is 0 Å². The molecule has 2 unspecified atom stereocenters. The molecule has 0 saturated carbocycles. The Labute approximate surface area is 76.6 Å². The summed E-state index contributed by atoms with van der Waals surface area (Å²) in [6, 6.07) is -1.36. The maximum atomic E-state index is 11.1. The molecule has 1 fully saturated rings. The van der Waals surface area contributed by atoms with Crippen molar-refractivity contribution in [3.05, 3.63) is 0 Å². The number of nitrogens with two attached hydrogens (primary N) is 1. The van der Waals surface area contributed by atoms with Gasteiger partial charge in [-0.05, 0) is 6.42 Å². The highest BCUT2D eigenvalue weighted by Gasteiger charge is 2.42. The summed E-state index contributed by atoms with van der Waals surface area (Å²) in [7, 11) is 0. The second-order valence-corrected chi connectivity index (χ2v) is 3.03. The Morgan fingerprint density at radius 1 is 1.69 bits per heavy atom. The number of amides is 1. The number of β-lactam (4-membered cyclic amide) rings is 1. The maximum Gasteiger partial charge on any atom is 0.330 e. The van der Waals surface area contributed by atoms with Crippen molar-refractivity contribution in [3.8, 4) is 0 Å². The van der Waals surface area contributed by atoms with E-state index in [1.807, 2.05) is 6.92 Å². The zero-order valence-electron chi connectivity index (χ0n) is 7.58. The molecule has 74 valence electrons. The zero-order chi connectivity index (χ0) is 9.84. The molecule has 0 radical (unpaired) electrons. The van der Waals surface area contributed by atoms with Crippen LogP contribution in [0.2, 0.25) is 0 Å². The highest BCUT2D eigenvalue weighted by atomic mass is 16.5. The van der Waals surface area contributed by atoms with Gasteiger partial charge in [0, 0.05) is 0 Å². The molecule has 1 rings (SSSR count). The van der Waals surface area contributed by atoms with E-state index in [1.54, 1.807) is 0 Å². The van der Waals surface area contributed by atoms with Crippen LogP contribution in [0, 0.1) is 0 Å². The van der Waals surface area contributed by atoms with Crippen LogP contribution in [-0.2, 0) is 14.3 Å². The second-order valence-electron chi connectivity index (χ2n) is 3.03. The van der Waals surface area contributed by atoms with Crippen LogP contribution in [0.4, 0.5) is 0 Å². The molecule has 0 spiro atoms. The summed E-state index contributed by atoms with van der Waals surface area (Å²) >= 11 is 0. The van der Waals surface area contributed by atoms with Crippen molar-refractivity contribution in [1.29, 1.82) is 0 Å². The largest absolute Gasteiger partial charge is 0.464 e. The lowest BCUT2D eigenvalue weighted by molar-refractivity contribution is -0.154.